The minimum absolute atomic E-state index is 0.183. The molecule has 2 aromatic carbocycles. The van der Waals surface area contributed by atoms with E-state index in [9.17, 15) is 4.79 Å². The molecular weight excluding hydrogens is 392 g/mol. The first-order chi connectivity index (χ1) is 14.2. The van der Waals surface area contributed by atoms with Crippen LogP contribution < -0.4 is 5.32 Å². The number of amides is 1. The summed E-state index contributed by atoms with van der Waals surface area (Å²) in [6.45, 7) is 0. The van der Waals surface area contributed by atoms with Gasteiger partial charge in [-0.2, -0.15) is 0 Å². The van der Waals surface area contributed by atoms with Crippen molar-refractivity contribution in [3.8, 4) is 22.7 Å². The summed E-state index contributed by atoms with van der Waals surface area (Å²) in [5.41, 5.74) is 2.42. The zero-order valence-corrected chi connectivity index (χ0v) is 15.9. The van der Waals surface area contributed by atoms with Crippen LogP contribution in [0.25, 0.3) is 22.7 Å². The normalized spacial score (nSPS) is 13.4. The van der Waals surface area contributed by atoms with E-state index < -0.39 is 0 Å². The second-order valence-electron chi connectivity index (χ2n) is 6.80. The minimum Gasteiger partial charge on any atom is -0.355 e. The van der Waals surface area contributed by atoms with Gasteiger partial charge in [-0.05, 0) is 59.7 Å². The van der Waals surface area contributed by atoms with Gasteiger partial charge in [0, 0.05) is 27.9 Å². The van der Waals surface area contributed by atoms with E-state index in [1.54, 1.807) is 36.4 Å². The molecule has 1 saturated carbocycles. The number of aromatic nitrogens is 5. The molecule has 8 nitrogen and oxygen atoms in total. The Bertz CT molecular complexity index is 1180. The topological polar surface area (TPSA) is 98.7 Å². The number of hydrogen-bond donors (Lipinski definition) is 1. The molecule has 0 spiro atoms. The van der Waals surface area contributed by atoms with Crippen LogP contribution in [0.5, 0.6) is 0 Å². The summed E-state index contributed by atoms with van der Waals surface area (Å²) >= 11 is 5.90. The van der Waals surface area contributed by atoms with E-state index in [0.29, 0.717) is 28.3 Å². The number of hydrogen-bond acceptors (Lipinski definition) is 6. The Labute approximate surface area is 170 Å². The standard InChI is InChI=1S/C20H15ClN6O2/c21-14-6-4-12(5-7-14)18-11-17(24-29-18)20(28)22-15-3-1-2-13(10-15)19-23-25-26-27(19)16-8-9-16/h1-7,10-11,16H,8-9H2,(H,22,28). The minimum atomic E-state index is -0.368. The highest BCUT2D eigenvalue weighted by Gasteiger charge is 2.28. The Morgan fingerprint density at radius 1 is 1.10 bits per heavy atom. The fourth-order valence-corrected chi connectivity index (χ4v) is 3.14. The Kier molecular flexibility index (Phi) is 4.33. The van der Waals surface area contributed by atoms with Crippen molar-refractivity contribution in [2.24, 2.45) is 0 Å². The van der Waals surface area contributed by atoms with Crippen LogP contribution in [0.2, 0.25) is 5.02 Å². The zero-order chi connectivity index (χ0) is 19.8. The van der Waals surface area contributed by atoms with Crippen molar-refractivity contribution in [2.45, 2.75) is 18.9 Å². The Morgan fingerprint density at radius 3 is 2.72 bits per heavy atom. The van der Waals surface area contributed by atoms with Gasteiger partial charge in [-0.25, -0.2) is 4.68 Å². The summed E-state index contributed by atoms with van der Waals surface area (Å²) in [5, 5.41) is 19.3. The van der Waals surface area contributed by atoms with Crippen LogP contribution in [-0.4, -0.2) is 31.3 Å². The molecule has 144 valence electrons. The van der Waals surface area contributed by atoms with Crippen molar-refractivity contribution >= 4 is 23.2 Å². The van der Waals surface area contributed by atoms with Crippen molar-refractivity contribution in [2.75, 3.05) is 5.32 Å². The van der Waals surface area contributed by atoms with Gasteiger partial charge >= 0.3 is 0 Å². The predicted molar refractivity (Wildman–Crippen MR) is 106 cm³/mol. The van der Waals surface area contributed by atoms with Gasteiger partial charge in [-0.1, -0.05) is 28.9 Å². The third-order valence-electron chi connectivity index (χ3n) is 4.64. The van der Waals surface area contributed by atoms with Crippen molar-refractivity contribution < 1.29 is 9.32 Å². The van der Waals surface area contributed by atoms with Crippen LogP contribution in [0.3, 0.4) is 0 Å². The maximum absolute atomic E-state index is 12.6. The lowest BCUT2D eigenvalue weighted by Crippen LogP contribution is -2.12. The highest BCUT2D eigenvalue weighted by atomic mass is 35.5. The molecule has 1 N–H and O–H groups in total. The van der Waals surface area contributed by atoms with Crippen LogP contribution in [-0.2, 0) is 0 Å². The number of nitrogens with one attached hydrogen (secondary N) is 1. The van der Waals surface area contributed by atoms with Crippen LogP contribution >= 0.6 is 11.6 Å². The van der Waals surface area contributed by atoms with E-state index in [2.05, 4.69) is 26.0 Å². The van der Waals surface area contributed by atoms with Crippen LogP contribution in [0.15, 0.2) is 59.1 Å². The fraction of sp³-hybridized carbons (Fsp3) is 0.150. The third kappa shape index (κ3) is 3.62. The number of nitrogens with zero attached hydrogens (tertiary/aromatic N) is 5. The molecule has 9 heteroatoms. The molecule has 1 aliphatic carbocycles. The highest BCUT2D eigenvalue weighted by Crippen LogP contribution is 2.36. The number of rotatable bonds is 5. The molecule has 2 heterocycles. The number of anilines is 1. The number of tetrazole rings is 1. The van der Waals surface area contributed by atoms with Gasteiger partial charge in [0.25, 0.3) is 5.91 Å². The third-order valence-corrected chi connectivity index (χ3v) is 4.89. The monoisotopic (exact) mass is 406 g/mol. The average molecular weight is 407 g/mol. The Hall–Kier alpha value is -3.52. The van der Waals surface area contributed by atoms with Gasteiger partial charge in [0.15, 0.2) is 17.3 Å². The second kappa shape index (κ2) is 7.14. The van der Waals surface area contributed by atoms with Crippen LogP contribution in [0.4, 0.5) is 5.69 Å². The van der Waals surface area contributed by atoms with Gasteiger partial charge in [0.2, 0.25) is 0 Å². The maximum Gasteiger partial charge on any atom is 0.277 e. The summed E-state index contributed by atoms with van der Waals surface area (Å²) in [4.78, 5) is 12.6. The maximum atomic E-state index is 12.6. The molecule has 0 aliphatic heterocycles. The quantitative estimate of drug-likeness (QED) is 0.532. The first kappa shape index (κ1) is 17.6. The van der Waals surface area contributed by atoms with Crippen LogP contribution in [0.1, 0.15) is 29.4 Å². The molecule has 0 saturated heterocycles. The predicted octanol–water partition coefficient (Wildman–Crippen LogP) is 4.24. The van der Waals surface area contributed by atoms with Gasteiger partial charge in [0.1, 0.15) is 0 Å². The summed E-state index contributed by atoms with van der Waals surface area (Å²) in [5.74, 6) is 0.812. The number of carbonyl (C=O) groups excluding carboxylic acids is 1. The van der Waals surface area contributed by atoms with Gasteiger partial charge in [-0.15, -0.1) is 5.10 Å². The molecule has 1 amide bonds. The van der Waals surface area contributed by atoms with Crippen molar-refractivity contribution in [1.29, 1.82) is 0 Å². The summed E-state index contributed by atoms with van der Waals surface area (Å²) in [6.07, 6.45) is 2.16. The van der Waals surface area contributed by atoms with E-state index in [0.717, 1.165) is 24.0 Å². The zero-order valence-electron chi connectivity index (χ0n) is 15.1. The first-order valence-corrected chi connectivity index (χ1v) is 9.47. The summed E-state index contributed by atoms with van der Waals surface area (Å²) in [6, 6.07) is 16.5. The molecule has 2 aromatic heterocycles. The summed E-state index contributed by atoms with van der Waals surface area (Å²) < 4.78 is 7.13. The van der Waals surface area contributed by atoms with Crippen molar-refractivity contribution in [3.63, 3.8) is 0 Å². The lowest BCUT2D eigenvalue weighted by Gasteiger charge is -2.06. The van der Waals surface area contributed by atoms with Crippen molar-refractivity contribution in [3.05, 3.63) is 65.3 Å². The second-order valence-corrected chi connectivity index (χ2v) is 7.23. The van der Waals surface area contributed by atoms with Crippen molar-refractivity contribution in [1.82, 2.24) is 25.4 Å². The largest absolute Gasteiger partial charge is 0.355 e. The SMILES string of the molecule is O=C(Nc1cccc(-c2nnnn2C2CC2)c1)c1cc(-c2ccc(Cl)cc2)on1. The molecule has 29 heavy (non-hydrogen) atoms. The first-order valence-electron chi connectivity index (χ1n) is 9.10. The smallest absolute Gasteiger partial charge is 0.277 e. The lowest BCUT2D eigenvalue weighted by molar-refractivity contribution is 0.101. The van der Waals surface area contributed by atoms with Gasteiger partial charge in [0.05, 0.1) is 6.04 Å². The van der Waals surface area contributed by atoms with Crippen LogP contribution in [0, 0.1) is 0 Å². The Balaban J connectivity index is 1.35. The fourth-order valence-electron chi connectivity index (χ4n) is 3.01. The lowest BCUT2D eigenvalue weighted by atomic mass is 10.1. The summed E-state index contributed by atoms with van der Waals surface area (Å²) in [7, 11) is 0. The number of benzene rings is 2. The molecule has 5 rings (SSSR count). The van der Waals surface area contributed by atoms with E-state index >= 15 is 0 Å². The molecule has 0 atom stereocenters. The number of halogens is 1. The van der Waals surface area contributed by atoms with E-state index in [-0.39, 0.29) is 11.6 Å². The molecule has 0 bridgehead atoms. The molecule has 0 radical (unpaired) electrons. The molecule has 0 unspecified atom stereocenters. The van der Waals surface area contributed by atoms with Gasteiger partial charge in [-0.3, -0.25) is 4.79 Å². The number of carbonyl (C=O) groups is 1. The van der Waals surface area contributed by atoms with E-state index in [1.165, 1.54) is 0 Å². The highest BCUT2D eigenvalue weighted by molar-refractivity contribution is 6.30. The average Bonchev–Trinajstić information content (AvgIpc) is 3.26. The van der Waals surface area contributed by atoms with E-state index in [4.69, 9.17) is 16.1 Å². The molecule has 1 fully saturated rings. The molecular formula is C20H15ClN6O2. The Morgan fingerprint density at radius 2 is 1.93 bits per heavy atom. The molecule has 4 aromatic rings. The van der Waals surface area contributed by atoms with Gasteiger partial charge < -0.3 is 9.84 Å². The molecule has 1 aliphatic rings. The van der Waals surface area contributed by atoms with E-state index in [1.807, 2.05) is 22.9 Å².